The summed E-state index contributed by atoms with van der Waals surface area (Å²) in [6.45, 7) is 0. The number of halogens is 1. The molecule has 2 aromatic heterocycles. The lowest BCUT2D eigenvalue weighted by Gasteiger charge is -1.94. The van der Waals surface area contributed by atoms with Crippen LogP contribution in [0.1, 0.15) is 5.56 Å². The first-order valence-corrected chi connectivity index (χ1v) is 5.43. The molecule has 0 atom stereocenters. The van der Waals surface area contributed by atoms with Gasteiger partial charge in [-0.15, -0.1) is 11.3 Å². The van der Waals surface area contributed by atoms with Crippen LogP contribution in [-0.2, 0) is 0 Å². The molecular weight excluding hydrogens is 262 g/mol. The summed E-state index contributed by atoms with van der Waals surface area (Å²) >= 11 is 4.79. The summed E-state index contributed by atoms with van der Waals surface area (Å²) in [6.07, 6.45) is 3.23. The fourth-order valence-electron chi connectivity index (χ4n) is 1.00. The second-order valence-electron chi connectivity index (χ2n) is 2.55. The van der Waals surface area contributed by atoms with Crippen molar-refractivity contribution in [1.82, 2.24) is 9.97 Å². The van der Waals surface area contributed by atoms with E-state index in [1.807, 2.05) is 11.4 Å². The standard InChI is InChI=1S/C9H4BrN3S/c10-8-5-14-9(13-8)7-1-6(2-11)3-12-4-7/h1,3-5H. The molecule has 0 aliphatic heterocycles. The van der Waals surface area contributed by atoms with E-state index < -0.39 is 0 Å². The average Bonchev–Trinajstić information content (AvgIpc) is 2.65. The van der Waals surface area contributed by atoms with Gasteiger partial charge in [0.15, 0.2) is 0 Å². The van der Waals surface area contributed by atoms with Gasteiger partial charge in [0.2, 0.25) is 0 Å². The van der Waals surface area contributed by atoms with Crippen LogP contribution in [0.5, 0.6) is 0 Å². The van der Waals surface area contributed by atoms with Crippen LogP contribution in [0, 0.1) is 11.3 Å². The van der Waals surface area contributed by atoms with Crippen molar-refractivity contribution in [3.63, 3.8) is 0 Å². The predicted molar refractivity (Wildman–Crippen MR) is 57.8 cm³/mol. The van der Waals surface area contributed by atoms with Gasteiger partial charge in [-0.25, -0.2) is 4.98 Å². The number of nitriles is 1. The molecule has 0 saturated carbocycles. The smallest absolute Gasteiger partial charge is 0.126 e. The topological polar surface area (TPSA) is 49.6 Å². The fourth-order valence-corrected chi connectivity index (χ4v) is 2.24. The third-order valence-corrected chi connectivity index (χ3v) is 3.19. The fraction of sp³-hybridized carbons (Fsp3) is 0. The minimum Gasteiger partial charge on any atom is -0.263 e. The molecular formula is C9H4BrN3S. The quantitative estimate of drug-likeness (QED) is 0.797. The largest absolute Gasteiger partial charge is 0.263 e. The molecule has 0 saturated heterocycles. The van der Waals surface area contributed by atoms with E-state index in [1.54, 1.807) is 12.3 Å². The Hall–Kier alpha value is -1.25. The SMILES string of the molecule is N#Cc1cncc(-c2nc(Br)cs2)c1. The van der Waals surface area contributed by atoms with E-state index in [1.165, 1.54) is 17.5 Å². The molecule has 0 fully saturated rings. The van der Waals surface area contributed by atoms with Crippen LogP contribution < -0.4 is 0 Å². The van der Waals surface area contributed by atoms with Crippen LogP contribution in [0.25, 0.3) is 10.6 Å². The number of hydrogen-bond donors (Lipinski definition) is 0. The summed E-state index contributed by atoms with van der Waals surface area (Å²) < 4.78 is 0.805. The summed E-state index contributed by atoms with van der Waals surface area (Å²) in [5, 5.41) is 11.5. The van der Waals surface area contributed by atoms with E-state index in [0.29, 0.717) is 5.56 Å². The van der Waals surface area contributed by atoms with Crippen LogP contribution in [0.15, 0.2) is 28.4 Å². The Morgan fingerprint density at radius 2 is 2.29 bits per heavy atom. The predicted octanol–water partition coefficient (Wildman–Crippen LogP) is 2.84. The molecule has 0 aliphatic carbocycles. The molecule has 0 spiro atoms. The number of hydrogen-bond acceptors (Lipinski definition) is 4. The molecule has 2 rings (SSSR count). The molecule has 0 aliphatic rings. The molecule has 68 valence electrons. The van der Waals surface area contributed by atoms with Gasteiger partial charge >= 0.3 is 0 Å². The maximum absolute atomic E-state index is 8.70. The third kappa shape index (κ3) is 1.81. The van der Waals surface area contributed by atoms with Gasteiger partial charge in [0.05, 0.1) is 5.56 Å². The summed E-state index contributed by atoms with van der Waals surface area (Å²) in [5.41, 5.74) is 1.42. The van der Waals surface area contributed by atoms with Crippen LogP contribution >= 0.6 is 27.3 Å². The summed E-state index contributed by atoms with van der Waals surface area (Å²) in [4.78, 5) is 8.21. The Balaban J connectivity index is 2.47. The Morgan fingerprint density at radius 3 is 2.93 bits per heavy atom. The van der Waals surface area contributed by atoms with Crippen LogP contribution in [0.4, 0.5) is 0 Å². The monoisotopic (exact) mass is 265 g/mol. The summed E-state index contributed by atoms with van der Waals surface area (Å²) in [6, 6.07) is 3.82. The Bertz CT molecular complexity index is 501. The van der Waals surface area contributed by atoms with Gasteiger partial charge in [-0.2, -0.15) is 5.26 Å². The van der Waals surface area contributed by atoms with Gasteiger partial charge in [-0.1, -0.05) is 0 Å². The molecule has 3 nitrogen and oxygen atoms in total. The molecule has 0 aromatic carbocycles. The van der Waals surface area contributed by atoms with Crippen LogP contribution in [0.3, 0.4) is 0 Å². The highest BCUT2D eigenvalue weighted by Gasteiger charge is 2.03. The Labute approximate surface area is 93.2 Å². The molecule has 0 amide bonds. The van der Waals surface area contributed by atoms with Crippen molar-refractivity contribution in [3.8, 4) is 16.6 Å². The molecule has 0 N–H and O–H groups in total. The normalized spacial score (nSPS) is 9.71. The number of pyridine rings is 1. The second kappa shape index (κ2) is 3.86. The molecule has 0 radical (unpaired) electrons. The van der Waals surface area contributed by atoms with Gasteiger partial charge in [-0.05, 0) is 22.0 Å². The van der Waals surface area contributed by atoms with Crippen molar-refractivity contribution in [2.75, 3.05) is 0 Å². The van der Waals surface area contributed by atoms with E-state index in [0.717, 1.165) is 15.2 Å². The minimum absolute atomic E-state index is 0.550. The maximum atomic E-state index is 8.70. The summed E-state index contributed by atoms with van der Waals surface area (Å²) in [7, 11) is 0. The number of nitrogens with zero attached hydrogens (tertiary/aromatic N) is 3. The lowest BCUT2D eigenvalue weighted by Crippen LogP contribution is -1.81. The minimum atomic E-state index is 0.550. The van der Waals surface area contributed by atoms with Crippen molar-refractivity contribution in [3.05, 3.63) is 34.0 Å². The third-order valence-electron chi connectivity index (χ3n) is 1.59. The highest BCUT2D eigenvalue weighted by molar-refractivity contribution is 9.10. The Kier molecular flexibility index (Phi) is 2.57. The first-order chi connectivity index (χ1) is 6.79. The molecule has 0 bridgehead atoms. The van der Waals surface area contributed by atoms with Gasteiger partial charge in [0.25, 0.3) is 0 Å². The number of aromatic nitrogens is 2. The van der Waals surface area contributed by atoms with Crippen molar-refractivity contribution in [2.45, 2.75) is 0 Å². The highest BCUT2D eigenvalue weighted by Crippen LogP contribution is 2.25. The zero-order valence-electron chi connectivity index (χ0n) is 6.94. The van der Waals surface area contributed by atoms with Crippen molar-refractivity contribution in [2.24, 2.45) is 0 Å². The van der Waals surface area contributed by atoms with Gasteiger partial charge in [0, 0.05) is 23.3 Å². The van der Waals surface area contributed by atoms with Gasteiger partial charge in [0.1, 0.15) is 15.7 Å². The number of thiazole rings is 1. The van der Waals surface area contributed by atoms with E-state index >= 15 is 0 Å². The summed E-state index contributed by atoms with van der Waals surface area (Å²) in [5.74, 6) is 0. The van der Waals surface area contributed by atoms with E-state index in [-0.39, 0.29) is 0 Å². The first-order valence-electron chi connectivity index (χ1n) is 3.76. The first kappa shape index (κ1) is 9.31. The molecule has 14 heavy (non-hydrogen) atoms. The zero-order valence-corrected chi connectivity index (χ0v) is 9.34. The van der Waals surface area contributed by atoms with E-state index in [2.05, 4.69) is 25.9 Å². The Morgan fingerprint density at radius 1 is 1.43 bits per heavy atom. The molecule has 2 aromatic rings. The second-order valence-corrected chi connectivity index (χ2v) is 4.22. The van der Waals surface area contributed by atoms with E-state index in [4.69, 9.17) is 5.26 Å². The van der Waals surface area contributed by atoms with Crippen molar-refractivity contribution >= 4 is 27.3 Å². The lowest BCUT2D eigenvalue weighted by molar-refractivity contribution is 1.28. The van der Waals surface area contributed by atoms with Crippen LogP contribution in [0.2, 0.25) is 0 Å². The van der Waals surface area contributed by atoms with Crippen molar-refractivity contribution in [1.29, 1.82) is 5.26 Å². The highest BCUT2D eigenvalue weighted by atomic mass is 79.9. The van der Waals surface area contributed by atoms with Gasteiger partial charge in [-0.3, -0.25) is 4.98 Å². The molecule has 0 unspecified atom stereocenters. The zero-order chi connectivity index (χ0) is 9.97. The van der Waals surface area contributed by atoms with E-state index in [9.17, 15) is 0 Å². The lowest BCUT2D eigenvalue weighted by atomic mass is 10.2. The van der Waals surface area contributed by atoms with Crippen LogP contribution in [-0.4, -0.2) is 9.97 Å². The molecule has 5 heteroatoms. The van der Waals surface area contributed by atoms with Crippen molar-refractivity contribution < 1.29 is 0 Å². The number of rotatable bonds is 1. The average molecular weight is 266 g/mol. The van der Waals surface area contributed by atoms with Gasteiger partial charge < -0.3 is 0 Å². The molecule has 2 heterocycles. The maximum Gasteiger partial charge on any atom is 0.126 e.